The van der Waals surface area contributed by atoms with Gasteiger partial charge in [0, 0.05) is 11.6 Å². The molecule has 0 saturated heterocycles. The number of hydrogen-bond acceptors (Lipinski definition) is 4. The maximum Gasteiger partial charge on any atom is 0.339 e. The first-order valence-electron chi connectivity index (χ1n) is 9.33. The van der Waals surface area contributed by atoms with Crippen LogP contribution in [0.4, 0.5) is 0 Å². The van der Waals surface area contributed by atoms with E-state index in [0.29, 0.717) is 29.5 Å². The van der Waals surface area contributed by atoms with Crippen molar-refractivity contribution in [3.8, 4) is 11.3 Å². The molecule has 2 aromatic carbocycles. The Kier molecular flexibility index (Phi) is 6.55. The minimum Gasteiger partial charge on any atom is -0.462 e. The fourth-order valence-corrected chi connectivity index (χ4v) is 3.09. The van der Waals surface area contributed by atoms with Gasteiger partial charge in [-0.05, 0) is 56.7 Å². The first-order chi connectivity index (χ1) is 13.5. The van der Waals surface area contributed by atoms with E-state index >= 15 is 0 Å². The highest BCUT2D eigenvalue weighted by atomic mass is 35.5. The van der Waals surface area contributed by atoms with Gasteiger partial charge in [0.15, 0.2) is 0 Å². The average molecular weight is 398 g/mol. The zero-order valence-electron chi connectivity index (χ0n) is 16.3. The second-order valence-electron chi connectivity index (χ2n) is 6.69. The van der Waals surface area contributed by atoms with Gasteiger partial charge in [0.25, 0.3) is 0 Å². The second-order valence-corrected chi connectivity index (χ2v) is 7.10. The number of carbonyl (C=O) groups excluding carboxylic acids is 1. The van der Waals surface area contributed by atoms with Gasteiger partial charge in [-0.15, -0.1) is 0 Å². The molecule has 0 radical (unpaired) electrons. The molecule has 146 valence electrons. The molecular weight excluding hydrogens is 374 g/mol. The number of hydrogen-bond donors (Lipinski definition) is 1. The Balaban J connectivity index is 1.69. The van der Waals surface area contributed by atoms with E-state index in [1.807, 2.05) is 18.2 Å². The molecule has 0 aliphatic carbocycles. The van der Waals surface area contributed by atoms with Gasteiger partial charge in [-0.25, -0.2) is 4.79 Å². The molecule has 3 aromatic rings. The van der Waals surface area contributed by atoms with Crippen LogP contribution in [0.15, 0.2) is 59.0 Å². The van der Waals surface area contributed by atoms with Gasteiger partial charge >= 0.3 is 5.97 Å². The fourth-order valence-electron chi connectivity index (χ4n) is 2.90. The topological polar surface area (TPSA) is 51.5 Å². The predicted octanol–water partition coefficient (Wildman–Crippen LogP) is 5.94. The minimum absolute atomic E-state index is 0.208. The third kappa shape index (κ3) is 4.83. The van der Waals surface area contributed by atoms with Crippen LogP contribution >= 0.6 is 11.6 Å². The minimum atomic E-state index is -0.435. The molecule has 0 saturated carbocycles. The Bertz CT molecular complexity index is 947. The summed E-state index contributed by atoms with van der Waals surface area (Å²) in [5.74, 6) is 1.07. The van der Waals surface area contributed by atoms with Crippen molar-refractivity contribution in [2.24, 2.45) is 0 Å². The summed E-state index contributed by atoms with van der Waals surface area (Å²) >= 11 is 6.13. The molecule has 1 atom stereocenters. The van der Waals surface area contributed by atoms with Gasteiger partial charge in [0.1, 0.15) is 11.5 Å². The maximum absolute atomic E-state index is 12.0. The third-order valence-corrected chi connectivity index (χ3v) is 4.90. The molecule has 1 N–H and O–H groups in total. The summed E-state index contributed by atoms with van der Waals surface area (Å²) in [4.78, 5) is 12.0. The number of carbonyl (C=O) groups is 1. The number of nitrogens with one attached hydrogen (secondary N) is 1. The van der Waals surface area contributed by atoms with Gasteiger partial charge in [-0.3, -0.25) is 0 Å². The lowest BCUT2D eigenvalue weighted by Crippen LogP contribution is -2.17. The van der Waals surface area contributed by atoms with Crippen LogP contribution in [0.1, 0.15) is 47.1 Å². The Labute approximate surface area is 170 Å². The van der Waals surface area contributed by atoms with E-state index in [1.165, 1.54) is 11.1 Å². The van der Waals surface area contributed by atoms with E-state index < -0.39 is 5.97 Å². The predicted molar refractivity (Wildman–Crippen MR) is 112 cm³/mol. The SMILES string of the molecule is CCOC(=O)c1cc(-c2ccc(CN[C@H](C)c3ccc(C)cc3)o2)ccc1Cl. The molecule has 0 aliphatic heterocycles. The molecule has 0 amide bonds. The molecule has 0 bridgehead atoms. The van der Waals surface area contributed by atoms with Crippen molar-refractivity contribution in [3.05, 3.63) is 82.1 Å². The zero-order valence-corrected chi connectivity index (χ0v) is 17.0. The van der Waals surface area contributed by atoms with E-state index in [4.69, 9.17) is 20.8 Å². The highest BCUT2D eigenvalue weighted by molar-refractivity contribution is 6.33. The van der Waals surface area contributed by atoms with E-state index in [2.05, 4.69) is 43.4 Å². The molecule has 0 unspecified atom stereocenters. The van der Waals surface area contributed by atoms with Gasteiger partial charge < -0.3 is 14.5 Å². The van der Waals surface area contributed by atoms with Gasteiger partial charge in [0.05, 0.1) is 23.7 Å². The van der Waals surface area contributed by atoms with E-state index in [9.17, 15) is 4.79 Å². The van der Waals surface area contributed by atoms with Gasteiger partial charge in [0.2, 0.25) is 0 Å². The van der Waals surface area contributed by atoms with Crippen molar-refractivity contribution in [1.82, 2.24) is 5.32 Å². The van der Waals surface area contributed by atoms with E-state index in [0.717, 1.165) is 11.3 Å². The van der Waals surface area contributed by atoms with Crippen molar-refractivity contribution in [1.29, 1.82) is 0 Å². The normalized spacial score (nSPS) is 12.0. The Morgan fingerprint density at radius 1 is 1.14 bits per heavy atom. The number of esters is 1. The lowest BCUT2D eigenvalue weighted by Gasteiger charge is -2.13. The Hall–Kier alpha value is -2.56. The number of halogens is 1. The smallest absolute Gasteiger partial charge is 0.339 e. The highest BCUT2D eigenvalue weighted by Gasteiger charge is 2.15. The van der Waals surface area contributed by atoms with Crippen LogP contribution in [0.2, 0.25) is 5.02 Å². The fraction of sp³-hybridized carbons (Fsp3) is 0.261. The van der Waals surface area contributed by atoms with Gasteiger partial charge in [-0.2, -0.15) is 0 Å². The molecule has 5 heteroatoms. The lowest BCUT2D eigenvalue weighted by molar-refractivity contribution is 0.0526. The second kappa shape index (κ2) is 9.09. The number of aryl methyl sites for hydroxylation is 1. The van der Waals surface area contributed by atoms with Crippen LogP contribution < -0.4 is 5.32 Å². The maximum atomic E-state index is 12.0. The summed E-state index contributed by atoms with van der Waals surface area (Å²) in [6.07, 6.45) is 0. The van der Waals surface area contributed by atoms with E-state index in [1.54, 1.807) is 19.1 Å². The molecule has 0 fully saturated rings. The van der Waals surface area contributed by atoms with Crippen LogP contribution in [0.25, 0.3) is 11.3 Å². The van der Waals surface area contributed by atoms with Crippen molar-refractivity contribution < 1.29 is 13.9 Å². The summed E-state index contributed by atoms with van der Waals surface area (Å²) in [6.45, 7) is 6.87. The molecule has 3 rings (SSSR count). The summed E-state index contributed by atoms with van der Waals surface area (Å²) in [6, 6.07) is 17.7. The largest absolute Gasteiger partial charge is 0.462 e. The average Bonchev–Trinajstić information content (AvgIpc) is 3.16. The molecule has 0 aliphatic rings. The summed E-state index contributed by atoms with van der Waals surface area (Å²) in [5.41, 5.74) is 3.60. The Morgan fingerprint density at radius 3 is 2.61 bits per heavy atom. The summed E-state index contributed by atoms with van der Waals surface area (Å²) < 4.78 is 11.0. The Morgan fingerprint density at radius 2 is 1.89 bits per heavy atom. The first kappa shape index (κ1) is 20.2. The number of benzene rings is 2. The molecule has 4 nitrogen and oxygen atoms in total. The zero-order chi connectivity index (χ0) is 20.1. The quantitative estimate of drug-likeness (QED) is 0.501. The highest BCUT2D eigenvalue weighted by Crippen LogP contribution is 2.27. The van der Waals surface area contributed by atoms with Crippen LogP contribution in [0.5, 0.6) is 0 Å². The number of rotatable bonds is 7. The number of furan rings is 1. The van der Waals surface area contributed by atoms with Crippen LogP contribution in [-0.2, 0) is 11.3 Å². The third-order valence-electron chi connectivity index (χ3n) is 4.57. The monoisotopic (exact) mass is 397 g/mol. The van der Waals surface area contributed by atoms with Crippen molar-refractivity contribution in [2.45, 2.75) is 33.4 Å². The van der Waals surface area contributed by atoms with Gasteiger partial charge in [-0.1, -0.05) is 41.4 Å². The van der Waals surface area contributed by atoms with E-state index in [-0.39, 0.29) is 6.04 Å². The van der Waals surface area contributed by atoms with Crippen molar-refractivity contribution in [2.75, 3.05) is 6.61 Å². The molecule has 28 heavy (non-hydrogen) atoms. The van der Waals surface area contributed by atoms with Crippen LogP contribution in [-0.4, -0.2) is 12.6 Å². The standard InChI is InChI=1S/C23H24ClNO3/c1-4-27-23(26)20-13-18(9-11-21(20)24)22-12-10-19(28-22)14-25-16(3)17-7-5-15(2)6-8-17/h5-13,16,25H,4,14H2,1-3H3/t16-/m1/s1. The first-order valence-corrected chi connectivity index (χ1v) is 9.71. The molecule has 1 aromatic heterocycles. The molecule has 1 heterocycles. The van der Waals surface area contributed by atoms with Crippen LogP contribution in [0.3, 0.4) is 0 Å². The van der Waals surface area contributed by atoms with Crippen molar-refractivity contribution >= 4 is 17.6 Å². The molecule has 0 spiro atoms. The summed E-state index contributed by atoms with van der Waals surface area (Å²) in [5, 5.41) is 3.83. The van der Waals surface area contributed by atoms with Crippen molar-refractivity contribution in [3.63, 3.8) is 0 Å². The summed E-state index contributed by atoms with van der Waals surface area (Å²) in [7, 11) is 0. The number of ether oxygens (including phenoxy) is 1. The van der Waals surface area contributed by atoms with Crippen LogP contribution in [0, 0.1) is 6.92 Å². The molecular formula is C23H24ClNO3. The lowest BCUT2D eigenvalue weighted by atomic mass is 10.1.